The van der Waals surface area contributed by atoms with Crippen LogP contribution in [0.5, 0.6) is 11.5 Å². The van der Waals surface area contributed by atoms with Gasteiger partial charge >= 0.3 is 77.4 Å². The van der Waals surface area contributed by atoms with Crippen LogP contribution in [0.15, 0.2) is 142 Å². The minimum absolute atomic E-state index is 0. The molecule has 2 aromatic heterocycles. The zero-order valence-electron chi connectivity index (χ0n) is 33.5. The summed E-state index contributed by atoms with van der Waals surface area (Å²) in [6.45, 7) is 0. The summed E-state index contributed by atoms with van der Waals surface area (Å²) in [7, 11) is 0. The number of hydrogen-bond donors (Lipinski definition) is 1. The SMILES string of the molecule is O=C(O)C(Oc1ccc(Cl)cc1-c1nc2ccccc2o1)c1cccc(C(F)(F)F)c1.O=C([O-])C(Oc1ccc(Cl)cc1-c1nc2ccccc2o1)c1cccc(C(F)(F)F)c1.[Na+].[Na+].[OH-]. The maximum atomic E-state index is 13.1. The van der Waals surface area contributed by atoms with Crippen molar-refractivity contribution in [1.82, 2.24) is 9.97 Å². The zero-order chi connectivity index (χ0) is 44.3. The van der Waals surface area contributed by atoms with E-state index in [9.17, 15) is 46.1 Å². The normalized spacial score (nSPS) is 12.1. The first kappa shape index (κ1) is 52.5. The number of oxazole rings is 2. The van der Waals surface area contributed by atoms with Crippen molar-refractivity contribution in [3.05, 3.63) is 166 Å². The van der Waals surface area contributed by atoms with Crippen LogP contribution in [0.25, 0.3) is 45.1 Å². The number of ether oxygens (including phenoxy) is 2. The summed E-state index contributed by atoms with van der Waals surface area (Å²) in [5, 5.41) is 22.0. The average Bonchev–Trinajstić information content (AvgIpc) is 3.87. The number of rotatable bonds is 10. The molecule has 0 aliphatic carbocycles. The molecular formula is C44H26Cl2F6N2Na2O9. The van der Waals surface area contributed by atoms with Crippen LogP contribution in [0.1, 0.15) is 34.5 Å². The van der Waals surface area contributed by atoms with Crippen LogP contribution in [0.4, 0.5) is 26.3 Å². The quantitative estimate of drug-likeness (QED) is 0.140. The van der Waals surface area contributed by atoms with Gasteiger partial charge in [0.1, 0.15) is 22.5 Å². The molecule has 0 aliphatic heterocycles. The third-order valence-electron chi connectivity index (χ3n) is 8.89. The Bertz CT molecular complexity index is 2680. The summed E-state index contributed by atoms with van der Waals surface area (Å²) in [4.78, 5) is 32.3. The Morgan fingerprint density at radius 2 is 0.985 bits per heavy atom. The topological polar surface area (TPSA) is 178 Å². The van der Waals surface area contributed by atoms with Gasteiger partial charge in [-0.15, -0.1) is 0 Å². The van der Waals surface area contributed by atoms with E-state index in [0.717, 1.165) is 30.3 Å². The number of carbonyl (C=O) groups is 2. The number of alkyl halides is 6. The van der Waals surface area contributed by atoms with Crippen LogP contribution in [-0.4, -0.2) is 32.5 Å². The number of nitrogens with zero attached hydrogens (tertiary/aromatic N) is 2. The van der Waals surface area contributed by atoms with Crippen LogP contribution >= 0.6 is 23.2 Å². The zero-order valence-corrected chi connectivity index (χ0v) is 39.0. The van der Waals surface area contributed by atoms with Crippen molar-refractivity contribution >= 4 is 57.3 Å². The number of hydrogen-bond acceptors (Lipinski definition) is 10. The van der Waals surface area contributed by atoms with Crippen LogP contribution in [0.3, 0.4) is 0 Å². The summed E-state index contributed by atoms with van der Waals surface area (Å²) in [5.41, 5.74) is 0.228. The first-order valence-corrected chi connectivity index (χ1v) is 18.6. The Hall–Kier alpha value is -5.08. The molecule has 324 valence electrons. The van der Waals surface area contributed by atoms with Crippen LogP contribution in [0, 0.1) is 0 Å². The molecule has 8 aromatic rings. The van der Waals surface area contributed by atoms with Crippen molar-refractivity contribution < 1.29 is 129 Å². The van der Waals surface area contributed by atoms with Gasteiger partial charge in [-0.05, 0) is 90.5 Å². The molecule has 11 nitrogen and oxygen atoms in total. The Balaban J connectivity index is 0.000000272. The smallest absolute Gasteiger partial charge is 0.870 e. The monoisotopic (exact) mass is 956 g/mol. The summed E-state index contributed by atoms with van der Waals surface area (Å²) in [5.74, 6) is -2.88. The Morgan fingerprint density at radius 3 is 1.37 bits per heavy atom. The molecule has 2 atom stereocenters. The third-order valence-corrected chi connectivity index (χ3v) is 9.36. The number of aliphatic carboxylic acids is 2. The number of carboxylic acids is 2. The van der Waals surface area contributed by atoms with E-state index >= 15 is 0 Å². The van der Waals surface area contributed by atoms with Crippen molar-refractivity contribution in [2.45, 2.75) is 24.6 Å². The van der Waals surface area contributed by atoms with E-state index in [4.69, 9.17) is 41.5 Å². The maximum absolute atomic E-state index is 13.1. The second-order valence-corrected chi connectivity index (χ2v) is 14.0. The molecule has 0 fully saturated rings. The number of aromatic nitrogens is 2. The minimum atomic E-state index is -4.64. The van der Waals surface area contributed by atoms with Crippen molar-refractivity contribution in [3.63, 3.8) is 0 Å². The van der Waals surface area contributed by atoms with Gasteiger partial charge in [0.15, 0.2) is 17.3 Å². The summed E-state index contributed by atoms with van der Waals surface area (Å²) in [6, 6.07) is 30.4. The van der Waals surface area contributed by atoms with Crippen LogP contribution < -0.4 is 73.7 Å². The first-order chi connectivity index (χ1) is 29.4. The van der Waals surface area contributed by atoms with E-state index in [-0.39, 0.29) is 110 Å². The standard InChI is InChI=1S/2C22H13ClF3NO4.2Na.H2O/c2*23-14-8-9-17(15(11-14)20-27-16-6-1-2-7-18(16)31-20)30-19(21(28)29)12-4-3-5-13(10-12)22(24,25)26;;;/h2*1-11,19H,(H,28,29);;;1H2/q;;2*+1;/p-2. The second kappa shape index (κ2) is 21.9. The second-order valence-electron chi connectivity index (χ2n) is 13.2. The van der Waals surface area contributed by atoms with E-state index in [1.807, 2.05) is 0 Å². The number of carbonyl (C=O) groups excluding carboxylic acids is 1. The van der Waals surface area contributed by atoms with E-state index in [2.05, 4.69) is 9.97 Å². The van der Waals surface area contributed by atoms with Crippen molar-refractivity contribution in [3.8, 4) is 34.4 Å². The molecular weight excluding hydrogens is 931 g/mol. The maximum Gasteiger partial charge on any atom is 1.00 e. The number of halogens is 8. The average molecular weight is 958 g/mol. The molecule has 0 spiro atoms. The molecule has 6 aromatic carbocycles. The molecule has 0 saturated heterocycles. The molecule has 21 heteroatoms. The van der Waals surface area contributed by atoms with Gasteiger partial charge in [0.05, 0.1) is 28.2 Å². The number of benzene rings is 6. The fourth-order valence-corrected chi connectivity index (χ4v) is 6.39. The van der Waals surface area contributed by atoms with E-state index in [0.29, 0.717) is 38.3 Å². The first-order valence-electron chi connectivity index (χ1n) is 17.9. The fraction of sp³-hybridized carbons (Fsp3) is 0.0909. The molecule has 65 heavy (non-hydrogen) atoms. The van der Waals surface area contributed by atoms with Gasteiger partial charge in [-0.2, -0.15) is 26.3 Å². The molecule has 0 amide bonds. The van der Waals surface area contributed by atoms with Gasteiger partial charge in [0.25, 0.3) is 0 Å². The molecule has 8 rings (SSSR count). The van der Waals surface area contributed by atoms with Crippen LogP contribution in [0.2, 0.25) is 10.0 Å². The molecule has 0 saturated carbocycles. The van der Waals surface area contributed by atoms with Crippen molar-refractivity contribution in [2.75, 3.05) is 0 Å². The van der Waals surface area contributed by atoms with E-state index < -0.39 is 47.6 Å². The number of carboxylic acid groups (broad SMARTS) is 2. The summed E-state index contributed by atoms with van der Waals surface area (Å²) >= 11 is 12.2. The molecule has 2 heterocycles. The Kier molecular flexibility index (Phi) is 17.7. The Labute approximate surface area is 417 Å². The van der Waals surface area contributed by atoms with Crippen molar-refractivity contribution in [1.29, 1.82) is 0 Å². The predicted octanol–water partition coefficient (Wildman–Crippen LogP) is 5.24. The Morgan fingerprint density at radius 1 is 0.585 bits per heavy atom. The summed E-state index contributed by atoms with van der Waals surface area (Å²) in [6.07, 6.45) is -12.8. The molecule has 0 bridgehead atoms. The van der Waals surface area contributed by atoms with Crippen molar-refractivity contribution in [2.24, 2.45) is 0 Å². The number of para-hydroxylation sites is 4. The van der Waals surface area contributed by atoms with Gasteiger partial charge < -0.3 is 38.8 Å². The van der Waals surface area contributed by atoms with Gasteiger partial charge in [-0.1, -0.05) is 71.7 Å². The minimum Gasteiger partial charge on any atom is -0.870 e. The van der Waals surface area contributed by atoms with Gasteiger partial charge in [0.2, 0.25) is 17.9 Å². The largest absolute Gasteiger partial charge is 1.00 e. The van der Waals surface area contributed by atoms with E-state index in [1.54, 1.807) is 48.5 Å². The predicted molar refractivity (Wildman–Crippen MR) is 213 cm³/mol. The van der Waals surface area contributed by atoms with Crippen LogP contribution in [-0.2, 0) is 21.9 Å². The molecule has 0 radical (unpaired) electrons. The third kappa shape index (κ3) is 12.6. The fourth-order valence-electron chi connectivity index (χ4n) is 6.04. The van der Waals surface area contributed by atoms with Gasteiger partial charge in [0, 0.05) is 15.6 Å². The van der Waals surface area contributed by atoms with E-state index in [1.165, 1.54) is 48.5 Å². The molecule has 2 N–H and O–H groups in total. The number of fused-ring (bicyclic) bond motifs is 2. The molecule has 2 unspecified atom stereocenters. The van der Waals surface area contributed by atoms with Gasteiger partial charge in [-0.3, -0.25) is 0 Å². The van der Waals surface area contributed by atoms with Gasteiger partial charge in [-0.25, -0.2) is 14.8 Å². The molecule has 0 aliphatic rings. The summed E-state index contributed by atoms with van der Waals surface area (Å²) < 4.78 is 101.